The molecule has 1 unspecified atom stereocenters. The maximum Gasteiger partial charge on any atom is 0.162 e. The Morgan fingerprint density at radius 2 is 2.25 bits per heavy atom. The number of allylic oxidation sites excluding steroid dienone is 1. The van der Waals surface area contributed by atoms with Gasteiger partial charge in [0.1, 0.15) is 11.9 Å². The summed E-state index contributed by atoms with van der Waals surface area (Å²) in [6.45, 7) is 9.34. The summed E-state index contributed by atoms with van der Waals surface area (Å²) >= 11 is 0. The number of rotatable bonds is 3. The van der Waals surface area contributed by atoms with Crippen LogP contribution >= 0.6 is 0 Å². The first kappa shape index (κ1) is 13.8. The van der Waals surface area contributed by atoms with E-state index in [4.69, 9.17) is 4.74 Å². The van der Waals surface area contributed by atoms with Crippen molar-refractivity contribution < 1.29 is 4.74 Å². The van der Waals surface area contributed by atoms with E-state index in [2.05, 4.69) is 39.6 Å². The number of hydrogen-bond donors (Lipinski definition) is 0. The molecule has 5 heteroatoms. The lowest BCUT2D eigenvalue weighted by molar-refractivity contribution is 0.101. The number of fused-ring (bicyclic) bond motifs is 1. The molecule has 20 heavy (non-hydrogen) atoms. The highest BCUT2D eigenvalue weighted by molar-refractivity contribution is 5.04. The van der Waals surface area contributed by atoms with Crippen molar-refractivity contribution in [3.63, 3.8) is 0 Å². The fraction of sp³-hybridized carbons (Fsp3) is 0.733. The van der Waals surface area contributed by atoms with Crippen molar-refractivity contribution in [3.05, 3.63) is 23.3 Å². The quantitative estimate of drug-likeness (QED) is 0.792. The number of aromatic nitrogens is 3. The van der Waals surface area contributed by atoms with Gasteiger partial charge in [-0.3, -0.25) is 4.90 Å². The van der Waals surface area contributed by atoms with Crippen molar-refractivity contribution in [2.24, 2.45) is 0 Å². The average Bonchev–Trinajstić information content (AvgIpc) is 3.07. The third kappa shape index (κ3) is 2.79. The van der Waals surface area contributed by atoms with Gasteiger partial charge in [0, 0.05) is 39.2 Å². The van der Waals surface area contributed by atoms with E-state index in [0.29, 0.717) is 0 Å². The van der Waals surface area contributed by atoms with E-state index < -0.39 is 0 Å². The smallest absolute Gasteiger partial charge is 0.162 e. The summed E-state index contributed by atoms with van der Waals surface area (Å²) in [5, 5.41) is 8.77. The van der Waals surface area contributed by atoms with Crippen LogP contribution in [0.5, 0.6) is 0 Å². The molecule has 3 heterocycles. The molecule has 0 N–H and O–H groups in total. The second-order valence-corrected chi connectivity index (χ2v) is 5.79. The van der Waals surface area contributed by atoms with Gasteiger partial charge in [-0.25, -0.2) is 0 Å². The molecule has 1 saturated heterocycles. The van der Waals surface area contributed by atoms with Gasteiger partial charge in [0.25, 0.3) is 0 Å². The van der Waals surface area contributed by atoms with Crippen LogP contribution in [0, 0.1) is 0 Å². The Labute approximate surface area is 120 Å². The van der Waals surface area contributed by atoms with Gasteiger partial charge in [0.2, 0.25) is 0 Å². The minimum Gasteiger partial charge on any atom is -0.370 e. The molecule has 1 aromatic rings. The standard InChI is InChI=1S/C15H24N4O/c1-3-12(2)11-18-7-6-14-16-17-15(19(14)9-8-18)13-5-4-10-20-13/h3,13H,4-11H2,1-2H3/b12-3+. The van der Waals surface area contributed by atoms with Gasteiger partial charge in [-0.1, -0.05) is 11.6 Å². The van der Waals surface area contributed by atoms with Crippen LogP contribution in [0.3, 0.4) is 0 Å². The summed E-state index contributed by atoms with van der Waals surface area (Å²) < 4.78 is 8.06. The summed E-state index contributed by atoms with van der Waals surface area (Å²) in [5.41, 5.74) is 1.43. The van der Waals surface area contributed by atoms with Crippen LogP contribution in [0.2, 0.25) is 0 Å². The predicted octanol–water partition coefficient (Wildman–Crippen LogP) is 1.95. The Morgan fingerprint density at radius 3 is 3.00 bits per heavy atom. The number of ether oxygens (including phenoxy) is 1. The Kier molecular flexibility index (Phi) is 4.17. The predicted molar refractivity (Wildman–Crippen MR) is 77.5 cm³/mol. The van der Waals surface area contributed by atoms with Gasteiger partial charge in [-0.05, 0) is 26.7 Å². The molecule has 0 amide bonds. The highest BCUT2D eigenvalue weighted by Gasteiger charge is 2.26. The molecule has 5 nitrogen and oxygen atoms in total. The summed E-state index contributed by atoms with van der Waals surface area (Å²) in [7, 11) is 0. The summed E-state index contributed by atoms with van der Waals surface area (Å²) in [4.78, 5) is 2.50. The topological polar surface area (TPSA) is 43.2 Å². The first-order chi connectivity index (χ1) is 9.78. The first-order valence-corrected chi connectivity index (χ1v) is 7.65. The van der Waals surface area contributed by atoms with E-state index in [9.17, 15) is 0 Å². The molecule has 0 bridgehead atoms. The molecule has 2 aliphatic rings. The summed E-state index contributed by atoms with van der Waals surface area (Å²) in [6.07, 6.45) is 5.57. The van der Waals surface area contributed by atoms with Crippen LogP contribution in [0.1, 0.15) is 44.4 Å². The molecule has 0 spiro atoms. The maximum atomic E-state index is 5.77. The zero-order chi connectivity index (χ0) is 13.9. The Balaban J connectivity index is 1.71. The second kappa shape index (κ2) is 6.06. The number of nitrogens with zero attached hydrogens (tertiary/aromatic N) is 4. The van der Waals surface area contributed by atoms with Crippen molar-refractivity contribution in [1.82, 2.24) is 19.7 Å². The molecule has 1 fully saturated rings. The lowest BCUT2D eigenvalue weighted by Gasteiger charge is -2.20. The Morgan fingerprint density at radius 1 is 1.35 bits per heavy atom. The van der Waals surface area contributed by atoms with Gasteiger partial charge in [-0.2, -0.15) is 0 Å². The van der Waals surface area contributed by atoms with Crippen LogP contribution in [0.4, 0.5) is 0 Å². The fourth-order valence-corrected chi connectivity index (χ4v) is 3.01. The van der Waals surface area contributed by atoms with Crippen molar-refractivity contribution in [1.29, 1.82) is 0 Å². The van der Waals surface area contributed by atoms with E-state index in [-0.39, 0.29) is 6.10 Å². The zero-order valence-electron chi connectivity index (χ0n) is 12.5. The van der Waals surface area contributed by atoms with Crippen molar-refractivity contribution in [2.75, 3.05) is 26.2 Å². The summed E-state index contributed by atoms with van der Waals surface area (Å²) in [5.74, 6) is 2.17. The highest BCUT2D eigenvalue weighted by atomic mass is 16.5. The van der Waals surface area contributed by atoms with Gasteiger partial charge in [0.15, 0.2) is 5.82 Å². The van der Waals surface area contributed by atoms with Crippen LogP contribution in [-0.4, -0.2) is 45.9 Å². The molecule has 1 atom stereocenters. The Bertz CT molecular complexity index is 488. The van der Waals surface area contributed by atoms with E-state index in [1.807, 2.05) is 0 Å². The minimum atomic E-state index is 0.167. The summed E-state index contributed by atoms with van der Waals surface area (Å²) in [6, 6.07) is 0. The molecular formula is C15H24N4O. The molecule has 0 radical (unpaired) electrons. The molecule has 0 aliphatic carbocycles. The van der Waals surface area contributed by atoms with E-state index in [1.54, 1.807) is 0 Å². The Hall–Kier alpha value is -1.20. The third-order valence-corrected chi connectivity index (χ3v) is 4.33. The largest absolute Gasteiger partial charge is 0.370 e. The van der Waals surface area contributed by atoms with Gasteiger partial charge in [-0.15, -0.1) is 10.2 Å². The van der Waals surface area contributed by atoms with Gasteiger partial charge in [0.05, 0.1) is 0 Å². The van der Waals surface area contributed by atoms with Crippen molar-refractivity contribution >= 4 is 0 Å². The van der Waals surface area contributed by atoms with Crippen LogP contribution in [-0.2, 0) is 17.7 Å². The van der Waals surface area contributed by atoms with Crippen molar-refractivity contribution in [2.45, 2.75) is 45.8 Å². The fourth-order valence-electron chi connectivity index (χ4n) is 3.01. The normalized spacial score (nSPS) is 24.7. The second-order valence-electron chi connectivity index (χ2n) is 5.79. The molecule has 0 aromatic carbocycles. The molecule has 110 valence electrons. The lowest BCUT2D eigenvalue weighted by atomic mass is 10.2. The number of hydrogen-bond acceptors (Lipinski definition) is 4. The van der Waals surface area contributed by atoms with Gasteiger partial charge < -0.3 is 9.30 Å². The van der Waals surface area contributed by atoms with Gasteiger partial charge >= 0.3 is 0 Å². The van der Waals surface area contributed by atoms with Crippen LogP contribution in [0.15, 0.2) is 11.6 Å². The van der Waals surface area contributed by atoms with Crippen LogP contribution < -0.4 is 0 Å². The maximum absolute atomic E-state index is 5.77. The molecule has 2 aliphatic heterocycles. The molecule has 0 saturated carbocycles. The van der Waals surface area contributed by atoms with E-state index >= 15 is 0 Å². The average molecular weight is 276 g/mol. The van der Waals surface area contributed by atoms with Crippen molar-refractivity contribution in [3.8, 4) is 0 Å². The van der Waals surface area contributed by atoms with E-state index in [0.717, 1.165) is 63.7 Å². The first-order valence-electron chi connectivity index (χ1n) is 7.65. The van der Waals surface area contributed by atoms with E-state index in [1.165, 1.54) is 5.57 Å². The molecule has 1 aromatic heterocycles. The lowest BCUT2D eigenvalue weighted by Crippen LogP contribution is -2.29. The minimum absolute atomic E-state index is 0.167. The monoisotopic (exact) mass is 276 g/mol. The molecular weight excluding hydrogens is 252 g/mol. The molecule has 3 rings (SSSR count). The SMILES string of the molecule is C/C=C(\C)CN1CCc2nnc(C3CCCO3)n2CC1. The third-order valence-electron chi connectivity index (χ3n) is 4.33. The highest BCUT2D eigenvalue weighted by Crippen LogP contribution is 2.28. The van der Waals surface area contributed by atoms with Crippen LogP contribution in [0.25, 0.3) is 0 Å². The zero-order valence-corrected chi connectivity index (χ0v) is 12.5.